The van der Waals surface area contributed by atoms with Gasteiger partial charge in [0.15, 0.2) is 12.4 Å². The molecule has 2 aromatic carbocycles. The third-order valence-corrected chi connectivity index (χ3v) is 5.89. The molecule has 0 unspecified atom stereocenters. The van der Waals surface area contributed by atoms with Gasteiger partial charge >= 0.3 is 5.97 Å². The van der Waals surface area contributed by atoms with Crippen LogP contribution in [0.25, 0.3) is 11.1 Å². The van der Waals surface area contributed by atoms with E-state index < -0.39 is 12.0 Å². The molecule has 1 aromatic heterocycles. The van der Waals surface area contributed by atoms with E-state index in [4.69, 9.17) is 10.1 Å². The number of aromatic nitrogens is 1. The molecule has 2 atom stereocenters. The molecule has 182 valence electrons. The Morgan fingerprint density at radius 2 is 1.57 bits per heavy atom. The summed E-state index contributed by atoms with van der Waals surface area (Å²) in [6.07, 6.45) is 4.11. The fourth-order valence-corrected chi connectivity index (χ4v) is 3.87. The topological polar surface area (TPSA) is 83.1 Å². The van der Waals surface area contributed by atoms with Crippen LogP contribution in [0.5, 0.6) is 0 Å². The Kier molecular flexibility index (Phi) is 8.53. The second-order valence-corrected chi connectivity index (χ2v) is 9.21. The lowest BCUT2D eigenvalue weighted by molar-refractivity contribution is -0.671. The largest absolute Gasteiger partial charge is 0.463 e. The Morgan fingerprint density at radius 1 is 0.943 bits per heavy atom. The van der Waals surface area contributed by atoms with Crippen molar-refractivity contribution in [2.75, 3.05) is 0 Å². The molecule has 0 spiro atoms. The maximum atomic E-state index is 13.0. The average Bonchev–Trinajstić information content (AvgIpc) is 2.82. The third-order valence-electron chi connectivity index (χ3n) is 5.89. The first-order chi connectivity index (χ1) is 16.6. The minimum Gasteiger partial charge on any atom is -0.463 e. The van der Waals surface area contributed by atoms with Gasteiger partial charge in [0.2, 0.25) is 0 Å². The number of nitrogens with one attached hydrogen (secondary N) is 2. The average molecular weight is 473 g/mol. The number of hydrogen-bond donors (Lipinski definition) is 2. The van der Waals surface area contributed by atoms with Gasteiger partial charge in [-0.05, 0) is 74.6 Å². The lowest BCUT2D eigenvalue weighted by Gasteiger charge is -2.25. The van der Waals surface area contributed by atoms with E-state index in [2.05, 4.69) is 5.32 Å². The molecule has 6 nitrogen and oxygen atoms in total. The minimum atomic E-state index is -0.563. The van der Waals surface area contributed by atoms with Crippen molar-refractivity contribution >= 4 is 17.6 Å². The summed E-state index contributed by atoms with van der Waals surface area (Å²) >= 11 is 0. The van der Waals surface area contributed by atoms with E-state index in [0.29, 0.717) is 17.7 Å². The zero-order valence-electron chi connectivity index (χ0n) is 21.0. The number of esters is 1. The highest BCUT2D eigenvalue weighted by Crippen LogP contribution is 2.20. The van der Waals surface area contributed by atoms with Crippen LogP contribution in [0.3, 0.4) is 0 Å². The molecule has 0 radical (unpaired) electrons. The van der Waals surface area contributed by atoms with Crippen LogP contribution in [-0.2, 0) is 23.0 Å². The molecule has 3 rings (SSSR count). The first kappa shape index (κ1) is 25.8. The lowest BCUT2D eigenvalue weighted by atomic mass is 9.91. The minimum absolute atomic E-state index is 0.241. The van der Waals surface area contributed by atoms with E-state index in [9.17, 15) is 9.59 Å². The van der Waals surface area contributed by atoms with Gasteiger partial charge in [-0.2, -0.15) is 0 Å². The molecule has 0 aliphatic rings. The van der Waals surface area contributed by atoms with Gasteiger partial charge in [-0.3, -0.25) is 9.59 Å². The number of aryl methyl sites for hydroxylation is 1. The van der Waals surface area contributed by atoms with Crippen molar-refractivity contribution in [1.82, 2.24) is 5.32 Å². The Labute approximate surface area is 207 Å². The number of amides is 1. The molecular formula is C29H34N3O3+. The van der Waals surface area contributed by atoms with Crippen LogP contribution in [0.15, 0.2) is 73.1 Å². The molecule has 0 saturated heterocycles. The zero-order valence-corrected chi connectivity index (χ0v) is 21.0. The van der Waals surface area contributed by atoms with Crippen molar-refractivity contribution in [2.45, 2.75) is 46.3 Å². The predicted octanol–water partition coefficient (Wildman–Crippen LogP) is 4.49. The lowest BCUT2D eigenvalue weighted by Crippen LogP contribution is -2.43. The summed E-state index contributed by atoms with van der Waals surface area (Å²) < 4.78 is 7.48. The van der Waals surface area contributed by atoms with Crippen LogP contribution < -0.4 is 9.88 Å². The number of carbonyl (C=O) groups is 2. The number of benzene rings is 2. The maximum Gasteiger partial charge on any atom is 0.311 e. The smallest absolute Gasteiger partial charge is 0.311 e. The van der Waals surface area contributed by atoms with Gasteiger partial charge in [-0.1, -0.05) is 30.3 Å². The molecule has 1 heterocycles. The van der Waals surface area contributed by atoms with E-state index >= 15 is 0 Å². The van der Waals surface area contributed by atoms with Crippen LogP contribution in [0.1, 0.15) is 49.2 Å². The number of hydrogen-bond acceptors (Lipinski definition) is 4. The monoisotopic (exact) mass is 472 g/mol. The summed E-state index contributed by atoms with van der Waals surface area (Å²) in [5, 5.41) is 10.9. The van der Waals surface area contributed by atoms with Crippen LogP contribution in [0.2, 0.25) is 0 Å². The summed E-state index contributed by atoms with van der Waals surface area (Å²) in [6.45, 7) is 7.18. The SMILES string of the molecule is CC(=N)c1cccc(C[C@@H](C(=O)OC(C)C)[C@@H](C)NC(=O)c2ccc(-c3cc[n+](C)cc3)cc2)c1. The van der Waals surface area contributed by atoms with Crippen LogP contribution in [-0.4, -0.2) is 29.7 Å². The number of nitrogens with zero attached hydrogens (tertiary/aromatic N) is 1. The fraction of sp³-hybridized carbons (Fsp3) is 0.310. The Hall–Kier alpha value is -3.80. The van der Waals surface area contributed by atoms with Crippen molar-refractivity contribution in [1.29, 1.82) is 5.41 Å². The normalized spacial score (nSPS) is 12.6. The summed E-state index contributed by atoms with van der Waals surface area (Å²) in [5.74, 6) is -1.15. The van der Waals surface area contributed by atoms with Crippen molar-refractivity contribution in [3.8, 4) is 11.1 Å². The van der Waals surface area contributed by atoms with E-state index in [1.165, 1.54) is 0 Å². The highest BCUT2D eigenvalue weighted by Gasteiger charge is 2.29. The number of ether oxygens (including phenoxy) is 1. The molecule has 0 bridgehead atoms. The number of carbonyl (C=O) groups excluding carboxylic acids is 2. The molecule has 0 fully saturated rings. The summed E-state index contributed by atoms with van der Waals surface area (Å²) in [6, 6.07) is 18.6. The molecule has 35 heavy (non-hydrogen) atoms. The van der Waals surface area contributed by atoms with Gasteiger partial charge < -0.3 is 15.5 Å². The van der Waals surface area contributed by atoms with Crippen molar-refractivity contribution in [3.05, 3.63) is 89.7 Å². The summed E-state index contributed by atoms with van der Waals surface area (Å²) in [4.78, 5) is 25.9. The molecule has 1 amide bonds. The number of rotatable bonds is 9. The maximum absolute atomic E-state index is 13.0. The van der Waals surface area contributed by atoms with Crippen LogP contribution >= 0.6 is 0 Å². The molecule has 0 aliphatic carbocycles. The van der Waals surface area contributed by atoms with Crippen molar-refractivity contribution in [3.63, 3.8) is 0 Å². The standard InChI is InChI=1S/C29H33N3O3/c1-19(2)35-29(34)27(18-22-7-6-8-26(17-22)20(3)30)21(4)31-28(33)25-11-9-23(10-12-25)24-13-15-32(5)16-14-24/h6-17,19,21,27,30H,18H2,1-5H3/p+1/t21-,27-/m1/s1. The van der Waals surface area contributed by atoms with Gasteiger partial charge in [-0.15, -0.1) is 0 Å². The van der Waals surface area contributed by atoms with Gasteiger partial charge in [0, 0.05) is 29.4 Å². The number of pyridine rings is 1. The highest BCUT2D eigenvalue weighted by atomic mass is 16.5. The van der Waals surface area contributed by atoms with E-state index in [-0.39, 0.29) is 18.0 Å². The summed E-state index contributed by atoms with van der Waals surface area (Å²) in [7, 11) is 1.97. The van der Waals surface area contributed by atoms with Gasteiger partial charge in [0.25, 0.3) is 5.91 Å². The van der Waals surface area contributed by atoms with Crippen molar-refractivity contribution < 1.29 is 18.9 Å². The second kappa shape index (κ2) is 11.6. The Bertz CT molecular complexity index is 1180. The Balaban J connectivity index is 1.75. The predicted molar refractivity (Wildman–Crippen MR) is 137 cm³/mol. The van der Waals surface area contributed by atoms with E-state index in [0.717, 1.165) is 22.3 Å². The van der Waals surface area contributed by atoms with Gasteiger partial charge in [0.05, 0.1) is 12.0 Å². The van der Waals surface area contributed by atoms with E-state index in [1.54, 1.807) is 19.1 Å². The molecular weight excluding hydrogens is 438 g/mol. The van der Waals surface area contributed by atoms with Crippen molar-refractivity contribution in [2.24, 2.45) is 13.0 Å². The first-order valence-electron chi connectivity index (χ1n) is 11.9. The van der Waals surface area contributed by atoms with Crippen LogP contribution in [0, 0.1) is 11.3 Å². The molecule has 6 heteroatoms. The molecule has 0 aliphatic heterocycles. The zero-order chi connectivity index (χ0) is 25.5. The van der Waals surface area contributed by atoms with E-state index in [1.807, 2.05) is 93.3 Å². The molecule has 3 aromatic rings. The highest BCUT2D eigenvalue weighted by molar-refractivity contribution is 5.96. The quantitative estimate of drug-likeness (QED) is 0.273. The summed E-state index contributed by atoms with van der Waals surface area (Å²) in [5.41, 5.74) is 4.81. The van der Waals surface area contributed by atoms with Gasteiger partial charge in [-0.25, -0.2) is 4.57 Å². The van der Waals surface area contributed by atoms with Crippen LogP contribution in [0.4, 0.5) is 0 Å². The molecule has 2 N–H and O–H groups in total. The fourth-order valence-electron chi connectivity index (χ4n) is 3.87. The second-order valence-electron chi connectivity index (χ2n) is 9.21. The van der Waals surface area contributed by atoms with Gasteiger partial charge in [0.1, 0.15) is 7.05 Å². The molecule has 0 saturated carbocycles. The first-order valence-corrected chi connectivity index (χ1v) is 11.9. The Morgan fingerprint density at radius 3 is 2.17 bits per heavy atom. The third kappa shape index (κ3) is 7.09.